The number of aromatic nitrogens is 2. The largest absolute Gasteiger partial charge is 0.387 e. The maximum Gasteiger partial charge on any atom is 0.137 e. The molecule has 0 saturated heterocycles. The summed E-state index contributed by atoms with van der Waals surface area (Å²) in [5.74, 6) is 0.825. The fraction of sp³-hybridized carbons (Fsp3) is 0.167. The normalized spacial score (nSPS) is 9.88. The second kappa shape index (κ2) is 4.61. The Kier molecular flexibility index (Phi) is 3.00. The van der Waals surface area contributed by atoms with E-state index < -0.39 is 0 Å². The van der Waals surface area contributed by atoms with E-state index in [1.165, 1.54) is 0 Å². The monoisotopic (exact) mass is 214 g/mol. The first-order valence-electron chi connectivity index (χ1n) is 5.12. The minimum atomic E-state index is 0.825. The van der Waals surface area contributed by atoms with Gasteiger partial charge < -0.3 is 10.6 Å². The second-order valence-corrected chi connectivity index (χ2v) is 3.30. The Hall–Kier alpha value is -2.10. The van der Waals surface area contributed by atoms with E-state index >= 15 is 0 Å². The molecule has 2 aromatic heterocycles. The summed E-state index contributed by atoms with van der Waals surface area (Å²) in [6, 6.07) is 7.77. The third-order valence-electron chi connectivity index (χ3n) is 2.38. The first-order valence-corrected chi connectivity index (χ1v) is 5.12. The lowest BCUT2D eigenvalue weighted by atomic mass is 10.1. The summed E-state index contributed by atoms with van der Waals surface area (Å²) in [5.41, 5.74) is 2.91. The summed E-state index contributed by atoms with van der Waals surface area (Å²) < 4.78 is 0. The summed E-state index contributed by atoms with van der Waals surface area (Å²) >= 11 is 0. The first kappa shape index (κ1) is 10.4. The Morgan fingerprint density at radius 1 is 0.938 bits per heavy atom. The molecule has 2 heterocycles. The van der Waals surface area contributed by atoms with Gasteiger partial charge in [-0.2, -0.15) is 0 Å². The van der Waals surface area contributed by atoms with Gasteiger partial charge in [-0.3, -0.25) is 4.98 Å². The van der Waals surface area contributed by atoms with E-state index in [1.54, 1.807) is 12.4 Å². The van der Waals surface area contributed by atoms with Crippen molar-refractivity contribution in [2.45, 2.75) is 0 Å². The van der Waals surface area contributed by atoms with Crippen molar-refractivity contribution in [2.75, 3.05) is 24.7 Å². The van der Waals surface area contributed by atoms with Crippen LogP contribution in [0, 0.1) is 0 Å². The third kappa shape index (κ3) is 1.82. The molecule has 0 radical (unpaired) electrons. The van der Waals surface area contributed by atoms with Crippen LogP contribution in [0.5, 0.6) is 0 Å². The Morgan fingerprint density at radius 2 is 1.81 bits per heavy atom. The highest BCUT2D eigenvalue weighted by molar-refractivity contribution is 5.84. The first-order chi connectivity index (χ1) is 7.86. The number of nitrogens with one attached hydrogen (secondary N) is 2. The summed E-state index contributed by atoms with van der Waals surface area (Å²) in [5, 5.41) is 6.23. The maximum atomic E-state index is 4.35. The number of pyridine rings is 2. The van der Waals surface area contributed by atoms with Gasteiger partial charge in [-0.25, -0.2) is 4.98 Å². The van der Waals surface area contributed by atoms with Gasteiger partial charge in [-0.15, -0.1) is 0 Å². The molecule has 4 nitrogen and oxygen atoms in total. The number of hydrogen-bond donors (Lipinski definition) is 2. The van der Waals surface area contributed by atoms with E-state index in [4.69, 9.17) is 0 Å². The highest BCUT2D eigenvalue weighted by Crippen LogP contribution is 2.31. The van der Waals surface area contributed by atoms with Crippen molar-refractivity contribution in [1.29, 1.82) is 0 Å². The molecule has 0 aliphatic rings. The molecule has 16 heavy (non-hydrogen) atoms. The number of hydrogen-bond acceptors (Lipinski definition) is 4. The number of rotatable bonds is 3. The van der Waals surface area contributed by atoms with E-state index in [0.717, 1.165) is 22.8 Å². The molecule has 2 N–H and O–H groups in total. The zero-order chi connectivity index (χ0) is 11.4. The highest BCUT2D eigenvalue weighted by atomic mass is 15.0. The van der Waals surface area contributed by atoms with E-state index in [-0.39, 0.29) is 0 Å². The molecule has 82 valence electrons. The van der Waals surface area contributed by atoms with Gasteiger partial charge in [0.05, 0.1) is 11.3 Å². The summed E-state index contributed by atoms with van der Waals surface area (Å²) in [6.45, 7) is 0. The molecule has 0 aliphatic heterocycles. The smallest absolute Gasteiger partial charge is 0.137 e. The van der Waals surface area contributed by atoms with Gasteiger partial charge in [0, 0.05) is 32.2 Å². The number of anilines is 2. The molecule has 0 unspecified atom stereocenters. The van der Waals surface area contributed by atoms with Crippen LogP contribution in [0.1, 0.15) is 0 Å². The molecule has 4 heteroatoms. The second-order valence-electron chi connectivity index (χ2n) is 3.30. The van der Waals surface area contributed by atoms with E-state index in [0.29, 0.717) is 0 Å². The highest BCUT2D eigenvalue weighted by Gasteiger charge is 2.10. The molecule has 0 saturated carbocycles. The lowest BCUT2D eigenvalue weighted by Gasteiger charge is -2.12. The van der Waals surface area contributed by atoms with Crippen molar-refractivity contribution in [1.82, 2.24) is 9.97 Å². The van der Waals surface area contributed by atoms with Gasteiger partial charge in [-0.1, -0.05) is 6.07 Å². The fourth-order valence-corrected chi connectivity index (χ4v) is 1.63. The Balaban J connectivity index is 2.62. The minimum Gasteiger partial charge on any atom is -0.387 e. The standard InChI is InChI=1S/C12H14N4/c1-13-9-6-8-16-12(14-2)11(9)10-5-3-4-7-15-10/h3-8H,1-2H3,(H2,13,14,16). The van der Waals surface area contributed by atoms with Gasteiger partial charge in [0.2, 0.25) is 0 Å². The van der Waals surface area contributed by atoms with Crippen LogP contribution in [-0.4, -0.2) is 24.1 Å². The predicted octanol–water partition coefficient (Wildman–Crippen LogP) is 2.23. The molecule has 2 aromatic rings. The van der Waals surface area contributed by atoms with Gasteiger partial charge in [0.1, 0.15) is 5.82 Å². The van der Waals surface area contributed by atoms with Crippen molar-refractivity contribution >= 4 is 11.5 Å². The quantitative estimate of drug-likeness (QED) is 0.822. The molecular formula is C12H14N4. The molecule has 2 rings (SSSR count). The van der Waals surface area contributed by atoms with Crippen LogP contribution in [0.2, 0.25) is 0 Å². The third-order valence-corrected chi connectivity index (χ3v) is 2.38. The van der Waals surface area contributed by atoms with Gasteiger partial charge in [0.25, 0.3) is 0 Å². The molecule has 0 amide bonds. The van der Waals surface area contributed by atoms with E-state index in [1.807, 2.05) is 38.4 Å². The van der Waals surface area contributed by atoms with Crippen LogP contribution < -0.4 is 10.6 Å². The van der Waals surface area contributed by atoms with Gasteiger partial charge >= 0.3 is 0 Å². The lowest BCUT2D eigenvalue weighted by Crippen LogP contribution is -2.00. The van der Waals surface area contributed by atoms with Crippen LogP contribution in [-0.2, 0) is 0 Å². The van der Waals surface area contributed by atoms with Crippen molar-refractivity contribution in [2.24, 2.45) is 0 Å². The number of nitrogens with zero attached hydrogens (tertiary/aromatic N) is 2. The zero-order valence-corrected chi connectivity index (χ0v) is 9.36. The van der Waals surface area contributed by atoms with Crippen molar-refractivity contribution in [3.8, 4) is 11.3 Å². The van der Waals surface area contributed by atoms with Crippen LogP contribution >= 0.6 is 0 Å². The van der Waals surface area contributed by atoms with Crippen molar-refractivity contribution in [3.05, 3.63) is 36.7 Å². The van der Waals surface area contributed by atoms with Crippen LogP contribution in [0.3, 0.4) is 0 Å². The van der Waals surface area contributed by atoms with E-state index in [9.17, 15) is 0 Å². The molecule has 0 atom stereocenters. The van der Waals surface area contributed by atoms with E-state index in [2.05, 4.69) is 20.6 Å². The molecule has 0 aromatic carbocycles. The molecular weight excluding hydrogens is 200 g/mol. The molecule has 0 aliphatic carbocycles. The Morgan fingerprint density at radius 3 is 2.44 bits per heavy atom. The summed E-state index contributed by atoms with van der Waals surface area (Å²) in [6.07, 6.45) is 3.55. The predicted molar refractivity (Wildman–Crippen MR) is 66.6 cm³/mol. The minimum absolute atomic E-state index is 0.825. The lowest BCUT2D eigenvalue weighted by molar-refractivity contribution is 1.25. The van der Waals surface area contributed by atoms with Crippen LogP contribution in [0.4, 0.5) is 11.5 Å². The summed E-state index contributed by atoms with van der Waals surface area (Å²) in [7, 11) is 3.75. The molecule has 0 bridgehead atoms. The topological polar surface area (TPSA) is 49.8 Å². The maximum absolute atomic E-state index is 4.35. The molecule has 0 spiro atoms. The zero-order valence-electron chi connectivity index (χ0n) is 9.36. The van der Waals surface area contributed by atoms with Gasteiger partial charge in [0.15, 0.2) is 0 Å². The van der Waals surface area contributed by atoms with Gasteiger partial charge in [-0.05, 0) is 18.2 Å². The average molecular weight is 214 g/mol. The molecule has 0 fully saturated rings. The SMILES string of the molecule is CNc1ccnc(NC)c1-c1ccccn1. The fourth-order valence-electron chi connectivity index (χ4n) is 1.63. The Bertz CT molecular complexity index is 445. The Labute approximate surface area is 94.8 Å². The van der Waals surface area contributed by atoms with Crippen LogP contribution in [0.25, 0.3) is 11.3 Å². The van der Waals surface area contributed by atoms with Crippen molar-refractivity contribution < 1.29 is 0 Å². The average Bonchev–Trinajstić information content (AvgIpc) is 2.38. The van der Waals surface area contributed by atoms with Crippen LogP contribution in [0.15, 0.2) is 36.7 Å². The van der Waals surface area contributed by atoms with Crippen molar-refractivity contribution in [3.63, 3.8) is 0 Å². The summed E-state index contributed by atoms with van der Waals surface area (Å²) in [4.78, 5) is 8.64.